The highest BCUT2D eigenvalue weighted by atomic mass is 35.5. The van der Waals surface area contributed by atoms with E-state index in [0.717, 1.165) is 35.5 Å². The molecule has 0 saturated heterocycles. The number of aromatic nitrogens is 2. The lowest BCUT2D eigenvalue weighted by atomic mass is 10.1. The van der Waals surface area contributed by atoms with Crippen molar-refractivity contribution in [1.29, 1.82) is 0 Å². The number of aryl methyl sites for hydroxylation is 1. The summed E-state index contributed by atoms with van der Waals surface area (Å²) in [5.74, 6) is 1.03. The Bertz CT molecular complexity index is 828. The average molecular weight is 330 g/mol. The summed E-state index contributed by atoms with van der Waals surface area (Å²) in [4.78, 5) is 4.69. The molecule has 0 spiro atoms. The summed E-state index contributed by atoms with van der Waals surface area (Å²) in [6.07, 6.45) is 1.02. The van der Waals surface area contributed by atoms with Crippen molar-refractivity contribution in [2.45, 2.75) is 32.9 Å². The van der Waals surface area contributed by atoms with E-state index in [9.17, 15) is 5.11 Å². The smallest absolute Gasteiger partial charge is 0.204 e. The molecule has 1 heterocycles. The fourth-order valence-electron chi connectivity index (χ4n) is 2.78. The second-order valence-corrected chi connectivity index (χ2v) is 6.08. The molecule has 1 atom stereocenters. The van der Waals surface area contributed by atoms with E-state index in [1.165, 1.54) is 0 Å². The molecule has 2 N–H and O–H groups in total. The van der Waals surface area contributed by atoms with Crippen LogP contribution in [0.1, 0.15) is 31.9 Å². The standard InChI is InChI=1S/C18H20ClN3O/c1-3-10-22-16-7-5-4-6-15(16)21-18(22)20-12(2)14-11-13(19)8-9-17(14)23/h4-9,11-12,23H,3,10H2,1-2H3,(H,20,21). The van der Waals surface area contributed by atoms with Gasteiger partial charge in [0.2, 0.25) is 5.95 Å². The van der Waals surface area contributed by atoms with E-state index in [1.807, 2.05) is 25.1 Å². The maximum absolute atomic E-state index is 10.1. The molecule has 0 aliphatic rings. The highest BCUT2D eigenvalue weighted by Crippen LogP contribution is 2.30. The number of nitrogens with zero attached hydrogens (tertiary/aromatic N) is 2. The van der Waals surface area contributed by atoms with Crippen molar-refractivity contribution < 1.29 is 5.11 Å². The molecule has 0 saturated carbocycles. The third kappa shape index (κ3) is 3.13. The van der Waals surface area contributed by atoms with Gasteiger partial charge in [0.15, 0.2) is 0 Å². The van der Waals surface area contributed by atoms with Crippen LogP contribution in [0.5, 0.6) is 5.75 Å². The first-order valence-electron chi connectivity index (χ1n) is 7.80. The Morgan fingerprint density at radius 3 is 2.83 bits per heavy atom. The molecule has 2 aromatic carbocycles. The number of hydrogen-bond donors (Lipinski definition) is 2. The van der Waals surface area contributed by atoms with Gasteiger partial charge in [-0.15, -0.1) is 0 Å². The summed E-state index contributed by atoms with van der Waals surface area (Å²) in [6.45, 7) is 5.02. The molecule has 4 nitrogen and oxygen atoms in total. The molecule has 1 unspecified atom stereocenters. The van der Waals surface area contributed by atoms with Crippen LogP contribution in [0.3, 0.4) is 0 Å². The maximum atomic E-state index is 10.1. The van der Waals surface area contributed by atoms with E-state index in [2.05, 4.69) is 27.9 Å². The Kier molecular flexibility index (Phi) is 4.44. The number of phenolic OH excluding ortho intramolecular Hbond substituents is 1. The van der Waals surface area contributed by atoms with Crippen LogP contribution in [0.25, 0.3) is 11.0 Å². The summed E-state index contributed by atoms with van der Waals surface area (Å²) in [7, 11) is 0. The summed E-state index contributed by atoms with van der Waals surface area (Å²) < 4.78 is 2.17. The van der Waals surface area contributed by atoms with Crippen molar-refractivity contribution in [3.05, 3.63) is 53.1 Å². The van der Waals surface area contributed by atoms with E-state index in [0.29, 0.717) is 5.02 Å². The molecule has 0 radical (unpaired) electrons. The van der Waals surface area contributed by atoms with E-state index in [1.54, 1.807) is 18.2 Å². The predicted molar refractivity (Wildman–Crippen MR) is 95.2 cm³/mol. The Balaban J connectivity index is 1.97. The molecule has 3 aromatic rings. The minimum atomic E-state index is -0.110. The van der Waals surface area contributed by atoms with Gasteiger partial charge in [-0.2, -0.15) is 0 Å². The van der Waals surface area contributed by atoms with Crippen LogP contribution in [-0.2, 0) is 6.54 Å². The molecular formula is C18H20ClN3O. The van der Waals surface area contributed by atoms with Crippen LogP contribution in [0, 0.1) is 0 Å². The van der Waals surface area contributed by atoms with Crippen molar-refractivity contribution >= 4 is 28.6 Å². The van der Waals surface area contributed by atoms with Gasteiger partial charge < -0.3 is 15.0 Å². The zero-order valence-electron chi connectivity index (χ0n) is 13.3. The molecule has 120 valence electrons. The van der Waals surface area contributed by atoms with E-state index in [-0.39, 0.29) is 11.8 Å². The summed E-state index contributed by atoms with van der Waals surface area (Å²) in [5, 5.41) is 14.1. The number of anilines is 1. The number of nitrogens with one attached hydrogen (secondary N) is 1. The van der Waals surface area contributed by atoms with Gasteiger partial charge in [-0.3, -0.25) is 0 Å². The zero-order valence-corrected chi connectivity index (χ0v) is 14.0. The van der Waals surface area contributed by atoms with Gasteiger partial charge in [-0.05, 0) is 43.7 Å². The summed E-state index contributed by atoms with van der Waals surface area (Å²) >= 11 is 6.05. The average Bonchev–Trinajstić information content (AvgIpc) is 2.88. The lowest BCUT2D eigenvalue weighted by Crippen LogP contribution is -2.12. The molecule has 5 heteroatoms. The second kappa shape index (κ2) is 6.50. The van der Waals surface area contributed by atoms with Crippen molar-refractivity contribution in [2.75, 3.05) is 5.32 Å². The minimum absolute atomic E-state index is 0.110. The van der Waals surface area contributed by atoms with E-state index >= 15 is 0 Å². The molecule has 0 fully saturated rings. The van der Waals surface area contributed by atoms with Crippen molar-refractivity contribution in [1.82, 2.24) is 9.55 Å². The quantitative estimate of drug-likeness (QED) is 0.694. The predicted octanol–water partition coefficient (Wildman–Crippen LogP) is 4.98. The third-order valence-electron chi connectivity index (χ3n) is 3.90. The zero-order chi connectivity index (χ0) is 16.4. The fraction of sp³-hybridized carbons (Fsp3) is 0.278. The van der Waals surface area contributed by atoms with Gasteiger partial charge >= 0.3 is 0 Å². The van der Waals surface area contributed by atoms with Crippen LogP contribution in [0.4, 0.5) is 5.95 Å². The fourth-order valence-corrected chi connectivity index (χ4v) is 2.96. The lowest BCUT2D eigenvalue weighted by Gasteiger charge is -2.17. The van der Waals surface area contributed by atoms with Crippen LogP contribution in [-0.4, -0.2) is 14.7 Å². The Hall–Kier alpha value is -2.20. The van der Waals surface area contributed by atoms with E-state index < -0.39 is 0 Å². The highest BCUT2D eigenvalue weighted by Gasteiger charge is 2.15. The number of halogens is 1. The highest BCUT2D eigenvalue weighted by molar-refractivity contribution is 6.30. The van der Waals surface area contributed by atoms with Crippen molar-refractivity contribution in [3.8, 4) is 5.75 Å². The second-order valence-electron chi connectivity index (χ2n) is 5.64. The molecule has 0 bridgehead atoms. The van der Waals surface area contributed by atoms with Crippen LogP contribution in [0.15, 0.2) is 42.5 Å². The number of rotatable bonds is 5. The molecule has 0 amide bonds. The van der Waals surface area contributed by atoms with Crippen molar-refractivity contribution in [3.63, 3.8) is 0 Å². The molecule has 1 aromatic heterocycles. The van der Waals surface area contributed by atoms with Gasteiger partial charge in [0.25, 0.3) is 0 Å². The first kappa shape index (κ1) is 15.7. The molecule has 0 aliphatic heterocycles. The van der Waals surface area contributed by atoms with E-state index in [4.69, 9.17) is 11.6 Å². The number of phenols is 1. The number of fused-ring (bicyclic) bond motifs is 1. The Labute approximate surface area is 140 Å². The summed E-state index contributed by atoms with van der Waals surface area (Å²) in [5.41, 5.74) is 2.83. The van der Waals surface area contributed by atoms with Gasteiger partial charge in [0.1, 0.15) is 5.75 Å². The molecule has 3 rings (SSSR count). The number of hydrogen-bond acceptors (Lipinski definition) is 3. The number of aromatic hydroxyl groups is 1. The number of benzene rings is 2. The van der Waals surface area contributed by atoms with Gasteiger partial charge in [-0.1, -0.05) is 30.7 Å². The topological polar surface area (TPSA) is 50.1 Å². The van der Waals surface area contributed by atoms with Crippen LogP contribution < -0.4 is 5.32 Å². The van der Waals surface area contributed by atoms with Crippen molar-refractivity contribution in [2.24, 2.45) is 0 Å². The normalized spacial score (nSPS) is 12.5. The first-order valence-corrected chi connectivity index (χ1v) is 8.18. The number of imidazole rings is 1. The first-order chi connectivity index (χ1) is 11.1. The minimum Gasteiger partial charge on any atom is -0.508 e. The SMILES string of the molecule is CCCn1c(NC(C)c2cc(Cl)ccc2O)nc2ccccc21. The lowest BCUT2D eigenvalue weighted by molar-refractivity contribution is 0.465. The van der Waals surface area contributed by atoms with Crippen LogP contribution >= 0.6 is 11.6 Å². The molecule has 23 heavy (non-hydrogen) atoms. The monoisotopic (exact) mass is 329 g/mol. The Morgan fingerprint density at radius 1 is 1.26 bits per heavy atom. The van der Waals surface area contributed by atoms with Gasteiger partial charge in [0, 0.05) is 17.1 Å². The Morgan fingerprint density at radius 2 is 2.04 bits per heavy atom. The maximum Gasteiger partial charge on any atom is 0.204 e. The largest absolute Gasteiger partial charge is 0.508 e. The van der Waals surface area contributed by atoms with Gasteiger partial charge in [-0.25, -0.2) is 4.98 Å². The third-order valence-corrected chi connectivity index (χ3v) is 4.14. The molecule has 0 aliphatic carbocycles. The van der Waals surface area contributed by atoms with Crippen LogP contribution in [0.2, 0.25) is 5.02 Å². The molecular weight excluding hydrogens is 310 g/mol. The number of para-hydroxylation sites is 2. The van der Waals surface area contributed by atoms with Gasteiger partial charge in [0.05, 0.1) is 17.1 Å². The summed E-state index contributed by atoms with van der Waals surface area (Å²) in [6, 6.07) is 13.1.